The van der Waals surface area contributed by atoms with Gasteiger partial charge < -0.3 is 10.5 Å². The van der Waals surface area contributed by atoms with Gasteiger partial charge >= 0.3 is 6.18 Å². The topological polar surface area (TPSA) is 63.5 Å². The van der Waals surface area contributed by atoms with Gasteiger partial charge in [0.2, 0.25) is 0 Å². The average Bonchev–Trinajstić information content (AvgIpc) is 3.77. The van der Waals surface area contributed by atoms with Crippen LogP contribution in [0.2, 0.25) is 0 Å². The summed E-state index contributed by atoms with van der Waals surface area (Å²) in [5.74, 6) is -4.93. The van der Waals surface area contributed by atoms with Crippen molar-refractivity contribution in [2.75, 3.05) is 53.5 Å². The number of epoxide rings is 1. The van der Waals surface area contributed by atoms with Gasteiger partial charge in [0.05, 0.1) is 31.5 Å². The minimum Gasteiger partial charge on any atom is -0.352 e. The molecule has 0 aromatic rings. The van der Waals surface area contributed by atoms with Gasteiger partial charge in [0.15, 0.2) is 6.17 Å². The van der Waals surface area contributed by atoms with E-state index in [1.807, 2.05) is 16.8 Å². The molecule has 5 fully saturated rings. The van der Waals surface area contributed by atoms with Gasteiger partial charge in [-0.05, 0) is 71.5 Å². The Hall–Kier alpha value is -0.700. The van der Waals surface area contributed by atoms with Crippen LogP contribution in [0.15, 0.2) is 0 Å². The average molecular weight is 571 g/mol. The maximum absolute atomic E-state index is 16.3. The van der Waals surface area contributed by atoms with E-state index in [1.165, 1.54) is 0 Å². The third-order valence-electron chi connectivity index (χ3n) is 9.55. The molecule has 2 aliphatic carbocycles. The zero-order valence-corrected chi connectivity index (χ0v) is 22.9. The van der Waals surface area contributed by atoms with E-state index in [0.29, 0.717) is 45.6 Å². The van der Waals surface area contributed by atoms with E-state index in [0.717, 1.165) is 12.8 Å². The molecule has 13 heteroatoms. The van der Waals surface area contributed by atoms with E-state index < -0.39 is 42.4 Å². The molecule has 7 nitrogen and oxygen atoms in total. The van der Waals surface area contributed by atoms with E-state index in [2.05, 4.69) is 10.2 Å². The molecule has 0 bridgehead atoms. The van der Waals surface area contributed by atoms with Crippen LogP contribution in [0.25, 0.3) is 0 Å². The van der Waals surface area contributed by atoms with Crippen molar-refractivity contribution in [2.45, 2.75) is 93.9 Å². The van der Waals surface area contributed by atoms with Crippen LogP contribution in [0.4, 0.5) is 26.3 Å². The van der Waals surface area contributed by atoms with Crippen LogP contribution < -0.4 is 11.1 Å². The second-order valence-electron chi connectivity index (χ2n) is 12.7. The molecule has 3 saturated heterocycles. The lowest BCUT2D eigenvalue weighted by Crippen LogP contribution is -2.70. The lowest BCUT2D eigenvalue weighted by molar-refractivity contribution is -0.185. The number of likely N-dealkylation sites (tertiary alicyclic amines) is 1. The lowest BCUT2D eigenvalue weighted by Gasteiger charge is -2.51. The number of ether oxygens (including phenoxy) is 1. The van der Waals surface area contributed by atoms with Crippen molar-refractivity contribution < 1.29 is 31.1 Å². The number of alkyl halides is 6. The van der Waals surface area contributed by atoms with Gasteiger partial charge in [-0.2, -0.15) is 13.2 Å². The van der Waals surface area contributed by atoms with Gasteiger partial charge in [0, 0.05) is 31.6 Å². The summed E-state index contributed by atoms with van der Waals surface area (Å²) in [7, 11) is 3.65. The normalized spacial score (nSPS) is 40.8. The zero-order valence-electron chi connectivity index (χ0n) is 22.9. The van der Waals surface area contributed by atoms with Crippen LogP contribution in [0.1, 0.15) is 44.9 Å². The van der Waals surface area contributed by atoms with Crippen LogP contribution in [-0.4, -0.2) is 122 Å². The summed E-state index contributed by atoms with van der Waals surface area (Å²) in [5, 5.41) is 3.14. The first kappa shape index (κ1) is 29.8. The fraction of sp³-hybridized carbons (Fsp3) is 1.00. The van der Waals surface area contributed by atoms with E-state index in [-0.39, 0.29) is 50.2 Å². The summed E-state index contributed by atoms with van der Waals surface area (Å²) in [6.45, 7) is 1.61. The van der Waals surface area contributed by atoms with Crippen molar-refractivity contribution in [3.8, 4) is 0 Å². The quantitative estimate of drug-likeness (QED) is 0.327. The molecule has 3 N–H and O–H groups in total. The summed E-state index contributed by atoms with van der Waals surface area (Å²) in [5.41, 5.74) is 5.64. The molecule has 39 heavy (non-hydrogen) atoms. The molecule has 5 rings (SSSR count). The molecular formula is C26H44F6N6O. The first-order valence-corrected chi connectivity index (χ1v) is 14.4. The van der Waals surface area contributed by atoms with Gasteiger partial charge in [-0.1, -0.05) is 0 Å². The predicted octanol–water partition coefficient (Wildman–Crippen LogP) is 2.87. The number of nitrogens with zero attached hydrogens (tertiary/aromatic N) is 4. The van der Waals surface area contributed by atoms with Crippen LogP contribution >= 0.6 is 0 Å². The summed E-state index contributed by atoms with van der Waals surface area (Å²) < 4.78 is 90.9. The van der Waals surface area contributed by atoms with E-state index in [4.69, 9.17) is 10.5 Å². The highest BCUT2D eigenvalue weighted by Crippen LogP contribution is 2.42. The van der Waals surface area contributed by atoms with Gasteiger partial charge in [-0.3, -0.25) is 24.9 Å². The van der Waals surface area contributed by atoms with Crippen molar-refractivity contribution in [3.63, 3.8) is 0 Å². The molecule has 0 radical (unpaired) electrons. The summed E-state index contributed by atoms with van der Waals surface area (Å²) in [4.78, 5) is 7.61. The van der Waals surface area contributed by atoms with Crippen molar-refractivity contribution >= 4 is 0 Å². The Kier molecular flexibility index (Phi) is 8.80. The minimum atomic E-state index is -4.15. The van der Waals surface area contributed by atoms with Crippen molar-refractivity contribution in [1.82, 2.24) is 24.9 Å². The number of hydrogen-bond acceptors (Lipinski definition) is 7. The minimum absolute atomic E-state index is 0.0109. The first-order valence-electron chi connectivity index (χ1n) is 14.4. The number of halogens is 6. The number of hydrogen-bond donors (Lipinski definition) is 2. The Labute approximate surface area is 227 Å². The third kappa shape index (κ3) is 7.03. The summed E-state index contributed by atoms with van der Waals surface area (Å²) in [6.07, 6.45) is -3.87. The molecule has 0 spiro atoms. The standard InChI is InChI=1S/C26H44F6N6O/c1-35-15-36(2)24(38(19-7-8-19)12-16-3-5-17(6-4-16)26(30,31)32)21(27)23(35)34-11-18-9-10-37(14-25(18,28)29)13-20-22(33)39-20/h16-24,34H,3-15,33H2,1-2H3. The van der Waals surface area contributed by atoms with Crippen molar-refractivity contribution in [2.24, 2.45) is 23.5 Å². The molecule has 0 aromatic carbocycles. The lowest BCUT2D eigenvalue weighted by atomic mass is 9.81. The summed E-state index contributed by atoms with van der Waals surface area (Å²) >= 11 is 0. The fourth-order valence-corrected chi connectivity index (χ4v) is 7.01. The molecule has 3 heterocycles. The molecule has 6 unspecified atom stereocenters. The molecule has 2 saturated carbocycles. The van der Waals surface area contributed by atoms with Crippen LogP contribution in [0.3, 0.4) is 0 Å². The van der Waals surface area contributed by atoms with Gasteiger partial charge in [-0.15, -0.1) is 0 Å². The zero-order chi connectivity index (χ0) is 28.1. The highest BCUT2D eigenvalue weighted by Gasteiger charge is 2.50. The van der Waals surface area contributed by atoms with Crippen LogP contribution in [-0.2, 0) is 4.74 Å². The molecule has 5 aliphatic rings. The number of rotatable bonds is 9. The largest absolute Gasteiger partial charge is 0.391 e. The first-order chi connectivity index (χ1) is 18.3. The fourth-order valence-electron chi connectivity index (χ4n) is 7.01. The highest BCUT2D eigenvalue weighted by molar-refractivity contribution is 4.99. The maximum atomic E-state index is 16.3. The molecule has 0 aromatic heterocycles. The Bertz CT molecular complexity index is 825. The van der Waals surface area contributed by atoms with Crippen molar-refractivity contribution in [3.05, 3.63) is 0 Å². The van der Waals surface area contributed by atoms with Crippen molar-refractivity contribution in [1.29, 1.82) is 0 Å². The number of piperidine rings is 1. The smallest absolute Gasteiger partial charge is 0.352 e. The number of nitrogens with two attached hydrogens (primary N) is 1. The van der Waals surface area contributed by atoms with E-state index >= 15 is 13.2 Å². The SMILES string of the molecule is CN1CN(C)C(N(CC2CCC(C(F)(F)F)CC2)C2CC2)C(F)C1NCC1CCN(CC2OC2N)CC1(F)F. The van der Waals surface area contributed by atoms with Gasteiger partial charge in [0.1, 0.15) is 12.3 Å². The Morgan fingerprint density at radius 3 is 2.26 bits per heavy atom. The predicted molar refractivity (Wildman–Crippen MR) is 134 cm³/mol. The second kappa shape index (κ2) is 11.5. The van der Waals surface area contributed by atoms with Crippen LogP contribution in [0.5, 0.6) is 0 Å². The van der Waals surface area contributed by atoms with Gasteiger partial charge in [-0.25, -0.2) is 13.2 Å². The molecule has 6 atom stereocenters. The molecule has 0 amide bonds. The molecule has 226 valence electrons. The highest BCUT2D eigenvalue weighted by atomic mass is 19.4. The Morgan fingerprint density at radius 1 is 1.03 bits per heavy atom. The van der Waals surface area contributed by atoms with E-state index in [1.54, 1.807) is 11.9 Å². The van der Waals surface area contributed by atoms with Crippen LogP contribution in [0, 0.1) is 17.8 Å². The summed E-state index contributed by atoms with van der Waals surface area (Å²) in [6, 6.07) is 0.220. The van der Waals surface area contributed by atoms with Gasteiger partial charge in [0.25, 0.3) is 5.92 Å². The monoisotopic (exact) mass is 570 g/mol. The number of nitrogens with one attached hydrogen (secondary N) is 1. The second-order valence-corrected chi connectivity index (χ2v) is 12.7. The Morgan fingerprint density at radius 2 is 1.69 bits per heavy atom. The van der Waals surface area contributed by atoms with E-state index in [9.17, 15) is 13.2 Å². The molecule has 3 aliphatic heterocycles. The Balaban J connectivity index is 1.18. The molecular weight excluding hydrogens is 526 g/mol. The maximum Gasteiger partial charge on any atom is 0.391 e. The third-order valence-corrected chi connectivity index (χ3v) is 9.55.